The molecule has 1 aromatic carbocycles. The summed E-state index contributed by atoms with van der Waals surface area (Å²) in [7, 11) is 0. The van der Waals surface area contributed by atoms with Gasteiger partial charge < -0.3 is 10.1 Å². The van der Waals surface area contributed by atoms with Gasteiger partial charge in [0.2, 0.25) is 0 Å². The Bertz CT molecular complexity index is 380. The molecule has 0 fully saturated rings. The van der Waals surface area contributed by atoms with E-state index in [-0.39, 0.29) is 6.09 Å². The molecule has 0 spiro atoms. The number of allylic oxidation sites excluding steroid dienone is 1. The first-order chi connectivity index (χ1) is 8.33. The summed E-state index contributed by atoms with van der Waals surface area (Å²) in [5.41, 5.74) is 3.67. The minimum Gasteiger partial charge on any atom is -0.445 e. The van der Waals surface area contributed by atoms with E-state index in [0.29, 0.717) is 13.2 Å². The van der Waals surface area contributed by atoms with Gasteiger partial charge in [-0.2, -0.15) is 0 Å². The van der Waals surface area contributed by atoms with Crippen molar-refractivity contribution in [3.8, 4) is 0 Å². The van der Waals surface area contributed by atoms with Crippen molar-refractivity contribution in [2.75, 3.05) is 6.54 Å². The van der Waals surface area contributed by atoms with Gasteiger partial charge >= 0.3 is 6.09 Å². The maximum Gasteiger partial charge on any atom is 0.407 e. The van der Waals surface area contributed by atoms with E-state index in [1.807, 2.05) is 36.4 Å². The van der Waals surface area contributed by atoms with Gasteiger partial charge in [-0.05, 0) is 24.5 Å². The molecule has 0 aliphatic heterocycles. The van der Waals surface area contributed by atoms with Crippen LogP contribution in [-0.4, -0.2) is 12.6 Å². The second-order valence-electron chi connectivity index (χ2n) is 3.54. The number of nitrogens with one attached hydrogen (secondary N) is 1. The van der Waals surface area contributed by atoms with Crippen LogP contribution in [-0.2, 0) is 11.3 Å². The van der Waals surface area contributed by atoms with Gasteiger partial charge in [0, 0.05) is 6.54 Å². The van der Waals surface area contributed by atoms with Crippen molar-refractivity contribution in [1.29, 1.82) is 0 Å². The molecule has 90 valence electrons. The highest BCUT2D eigenvalue weighted by molar-refractivity contribution is 5.67. The molecular formula is C14H17NO2. The van der Waals surface area contributed by atoms with E-state index < -0.39 is 0 Å². The van der Waals surface area contributed by atoms with Crippen molar-refractivity contribution in [2.45, 2.75) is 19.4 Å². The summed E-state index contributed by atoms with van der Waals surface area (Å²) in [5, 5.41) is 2.68. The Hall–Kier alpha value is -1.99. The molecule has 0 saturated carbocycles. The average molecular weight is 231 g/mol. The van der Waals surface area contributed by atoms with Crippen LogP contribution in [0, 0.1) is 0 Å². The lowest BCUT2D eigenvalue weighted by atomic mass is 10.2. The third-order valence-electron chi connectivity index (χ3n) is 2.15. The molecular weight excluding hydrogens is 214 g/mol. The zero-order chi connectivity index (χ0) is 12.3. The van der Waals surface area contributed by atoms with Crippen LogP contribution >= 0.6 is 0 Å². The Kier molecular flexibility index (Phi) is 6.30. The van der Waals surface area contributed by atoms with Crippen LogP contribution in [0.15, 0.2) is 48.7 Å². The van der Waals surface area contributed by atoms with Gasteiger partial charge in [0.15, 0.2) is 0 Å². The minimum absolute atomic E-state index is 0.305. The van der Waals surface area contributed by atoms with Gasteiger partial charge in [-0.1, -0.05) is 36.9 Å². The first-order valence-corrected chi connectivity index (χ1v) is 5.62. The summed E-state index contributed by atoms with van der Waals surface area (Å²) in [5.74, 6) is 0. The predicted molar refractivity (Wildman–Crippen MR) is 67.6 cm³/mol. The normalized spacial score (nSPS) is 9.18. The number of carbonyl (C=O) groups is 1. The topological polar surface area (TPSA) is 38.3 Å². The zero-order valence-electron chi connectivity index (χ0n) is 9.82. The van der Waals surface area contributed by atoms with Crippen LogP contribution in [0.1, 0.15) is 18.4 Å². The van der Waals surface area contributed by atoms with Crippen LogP contribution in [0.2, 0.25) is 0 Å². The van der Waals surface area contributed by atoms with Gasteiger partial charge in [-0.3, -0.25) is 0 Å². The molecule has 0 heterocycles. The maximum atomic E-state index is 11.3. The molecule has 0 aliphatic carbocycles. The lowest BCUT2D eigenvalue weighted by molar-refractivity contribution is 0.139. The first kappa shape index (κ1) is 13.1. The lowest BCUT2D eigenvalue weighted by Crippen LogP contribution is -2.25. The number of hydrogen-bond donors (Lipinski definition) is 1. The molecule has 0 radical (unpaired) electrons. The summed E-state index contributed by atoms with van der Waals surface area (Å²) in [4.78, 5) is 11.3. The van der Waals surface area contributed by atoms with Gasteiger partial charge in [0.25, 0.3) is 0 Å². The number of carbonyl (C=O) groups excluding carboxylic acids is 1. The summed E-state index contributed by atoms with van der Waals surface area (Å²) < 4.78 is 5.05. The van der Waals surface area contributed by atoms with Crippen molar-refractivity contribution >= 4 is 6.09 Å². The minimum atomic E-state index is -0.378. The van der Waals surface area contributed by atoms with Crippen molar-refractivity contribution in [3.05, 3.63) is 54.3 Å². The predicted octanol–water partition coefficient (Wildman–Crippen LogP) is 3.03. The smallest absolute Gasteiger partial charge is 0.407 e. The molecule has 1 rings (SSSR count). The number of unbranched alkanes of at least 4 members (excludes halogenated alkanes) is 1. The molecule has 17 heavy (non-hydrogen) atoms. The molecule has 0 unspecified atom stereocenters. The highest BCUT2D eigenvalue weighted by Crippen LogP contribution is 2.00. The quantitative estimate of drug-likeness (QED) is 0.603. The highest BCUT2D eigenvalue weighted by Gasteiger charge is 2.00. The van der Waals surface area contributed by atoms with Crippen LogP contribution < -0.4 is 5.32 Å². The van der Waals surface area contributed by atoms with Crippen molar-refractivity contribution in [2.24, 2.45) is 0 Å². The monoisotopic (exact) mass is 231 g/mol. The Balaban J connectivity index is 2.11. The lowest BCUT2D eigenvalue weighted by Gasteiger charge is -2.06. The van der Waals surface area contributed by atoms with Crippen LogP contribution in [0.5, 0.6) is 0 Å². The Morgan fingerprint density at radius 3 is 2.88 bits per heavy atom. The fourth-order valence-electron chi connectivity index (χ4n) is 1.27. The number of rotatable bonds is 6. The van der Waals surface area contributed by atoms with E-state index in [9.17, 15) is 4.79 Å². The molecule has 0 atom stereocenters. The second kappa shape index (κ2) is 8.20. The SMILES string of the molecule is C=C=CCCCNC(=O)OCc1ccccc1. The summed E-state index contributed by atoms with van der Waals surface area (Å²) in [6.45, 7) is 4.37. The molecule has 1 N–H and O–H groups in total. The van der Waals surface area contributed by atoms with Crippen molar-refractivity contribution in [1.82, 2.24) is 5.32 Å². The summed E-state index contributed by atoms with van der Waals surface area (Å²) in [6.07, 6.45) is 3.19. The second-order valence-corrected chi connectivity index (χ2v) is 3.54. The van der Waals surface area contributed by atoms with E-state index in [2.05, 4.69) is 17.6 Å². The molecule has 0 aliphatic rings. The van der Waals surface area contributed by atoms with Gasteiger partial charge in [0.05, 0.1) is 0 Å². The summed E-state index contributed by atoms with van der Waals surface area (Å²) in [6, 6.07) is 9.59. The number of alkyl carbamates (subject to hydrolysis) is 1. The fraction of sp³-hybridized carbons (Fsp3) is 0.286. The van der Waals surface area contributed by atoms with Gasteiger partial charge in [0.1, 0.15) is 6.61 Å². The van der Waals surface area contributed by atoms with Crippen molar-refractivity contribution in [3.63, 3.8) is 0 Å². The van der Waals surface area contributed by atoms with Crippen LogP contribution in [0.25, 0.3) is 0 Å². The molecule has 3 nitrogen and oxygen atoms in total. The third-order valence-corrected chi connectivity index (χ3v) is 2.15. The number of ether oxygens (including phenoxy) is 1. The molecule has 1 aromatic rings. The molecule has 0 aromatic heterocycles. The Morgan fingerprint density at radius 2 is 2.18 bits per heavy atom. The number of benzene rings is 1. The Labute approximate surface area is 102 Å². The zero-order valence-corrected chi connectivity index (χ0v) is 9.82. The number of hydrogen-bond acceptors (Lipinski definition) is 2. The molecule has 1 amide bonds. The largest absolute Gasteiger partial charge is 0.445 e. The van der Waals surface area contributed by atoms with E-state index in [1.165, 1.54) is 0 Å². The number of amides is 1. The van der Waals surface area contributed by atoms with Crippen molar-refractivity contribution < 1.29 is 9.53 Å². The molecule has 0 saturated heterocycles. The average Bonchev–Trinajstić information content (AvgIpc) is 2.37. The van der Waals surface area contributed by atoms with Crippen LogP contribution in [0.4, 0.5) is 4.79 Å². The van der Waals surface area contributed by atoms with Crippen LogP contribution in [0.3, 0.4) is 0 Å². The third kappa shape index (κ3) is 6.23. The molecule has 3 heteroatoms. The first-order valence-electron chi connectivity index (χ1n) is 5.62. The maximum absolute atomic E-state index is 11.3. The van der Waals surface area contributed by atoms with Gasteiger partial charge in [-0.15, -0.1) is 5.73 Å². The highest BCUT2D eigenvalue weighted by atomic mass is 16.5. The Morgan fingerprint density at radius 1 is 1.41 bits per heavy atom. The van der Waals surface area contributed by atoms with E-state index in [4.69, 9.17) is 4.74 Å². The standard InChI is InChI=1S/C14H17NO2/c1-2-3-4-8-11-15-14(16)17-12-13-9-6-5-7-10-13/h3,5-7,9-10H,1,4,8,11-12H2,(H,15,16). The summed E-state index contributed by atoms with van der Waals surface area (Å²) >= 11 is 0. The molecule has 0 bridgehead atoms. The van der Waals surface area contributed by atoms with E-state index >= 15 is 0 Å². The van der Waals surface area contributed by atoms with Gasteiger partial charge in [-0.25, -0.2) is 4.79 Å². The van der Waals surface area contributed by atoms with E-state index in [0.717, 1.165) is 18.4 Å². The fourth-order valence-corrected chi connectivity index (χ4v) is 1.27. The van der Waals surface area contributed by atoms with E-state index in [1.54, 1.807) is 0 Å².